The fourth-order valence-corrected chi connectivity index (χ4v) is 2.25. The second-order valence-electron chi connectivity index (χ2n) is 5.17. The third-order valence-corrected chi connectivity index (χ3v) is 3.19. The predicted octanol–water partition coefficient (Wildman–Crippen LogP) is 1.96. The van der Waals surface area contributed by atoms with Crippen molar-refractivity contribution < 1.29 is 14.3 Å². The number of amides is 2. The van der Waals surface area contributed by atoms with E-state index >= 15 is 0 Å². The Hall–Kier alpha value is -1.88. The van der Waals surface area contributed by atoms with Crippen molar-refractivity contribution in [3.8, 4) is 0 Å². The highest BCUT2D eigenvalue weighted by Gasteiger charge is 2.22. The van der Waals surface area contributed by atoms with Gasteiger partial charge in [-0.25, -0.2) is 0 Å². The number of anilines is 2. The molecule has 0 bridgehead atoms. The summed E-state index contributed by atoms with van der Waals surface area (Å²) in [5.41, 5.74) is 2.77. The lowest BCUT2D eigenvalue weighted by molar-refractivity contribution is -0.122. The Labute approximate surface area is 118 Å². The largest absolute Gasteiger partial charge is 0.369 e. The fourth-order valence-electron chi connectivity index (χ4n) is 2.25. The summed E-state index contributed by atoms with van der Waals surface area (Å²) >= 11 is 0. The first-order valence-electron chi connectivity index (χ1n) is 6.80. The molecule has 0 aliphatic carbocycles. The Kier molecular flexibility index (Phi) is 4.39. The highest BCUT2D eigenvalue weighted by atomic mass is 16.5. The Morgan fingerprint density at radius 2 is 2.15 bits per heavy atom. The van der Waals surface area contributed by atoms with E-state index in [1.807, 2.05) is 32.0 Å². The molecule has 0 aromatic heterocycles. The molecular weight excluding hydrogens is 256 g/mol. The smallest absolute Gasteiger partial charge is 0.250 e. The van der Waals surface area contributed by atoms with Gasteiger partial charge in [0.05, 0.1) is 6.10 Å². The number of rotatable bonds is 4. The Balaban J connectivity index is 2.02. The quantitative estimate of drug-likeness (QED) is 0.914. The van der Waals surface area contributed by atoms with E-state index in [9.17, 15) is 9.59 Å². The van der Waals surface area contributed by atoms with Gasteiger partial charge in [-0.15, -0.1) is 0 Å². The number of carbonyl (C=O) groups excluding carboxylic acids is 2. The van der Waals surface area contributed by atoms with Crippen molar-refractivity contribution in [1.82, 2.24) is 0 Å². The molecule has 2 rings (SSSR count). The molecule has 1 heterocycles. The highest BCUT2D eigenvalue weighted by molar-refractivity contribution is 5.95. The molecule has 0 unspecified atom stereocenters. The summed E-state index contributed by atoms with van der Waals surface area (Å²) in [6.45, 7) is 6.10. The van der Waals surface area contributed by atoms with Crippen LogP contribution in [0.1, 0.15) is 26.3 Å². The van der Waals surface area contributed by atoms with Gasteiger partial charge in [-0.2, -0.15) is 0 Å². The maximum atomic E-state index is 11.7. The van der Waals surface area contributed by atoms with Gasteiger partial charge in [0.25, 0.3) is 0 Å². The molecule has 20 heavy (non-hydrogen) atoms. The van der Waals surface area contributed by atoms with Crippen LogP contribution in [0.3, 0.4) is 0 Å². The lowest BCUT2D eigenvalue weighted by Gasteiger charge is -2.15. The predicted molar refractivity (Wildman–Crippen MR) is 77.9 cm³/mol. The van der Waals surface area contributed by atoms with Crippen LogP contribution in [0.2, 0.25) is 0 Å². The van der Waals surface area contributed by atoms with Gasteiger partial charge in [-0.3, -0.25) is 9.59 Å². The van der Waals surface area contributed by atoms with Crippen LogP contribution in [0, 0.1) is 0 Å². The molecule has 5 heteroatoms. The van der Waals surface area contributed by atoms with Gasteiger partial charge in [0.2, 0.25) is 11.8 Å². The molecule has 108 valence electrons. The standard InChI is InChI=1S/C15H20N2O3/c1-10(2)20-9-15(19)16-13-4-5-14-12(8-13)6-7-17(14)11(3)18/h4-5,8,10H,6-7,9H2,1-3H3,(H,16,19). The summed E-state index contributed by atoms with van der Waals surface area (Å²) in [6, 6.07) is 5.61. The van der Waals surface area contributed by atoms with E-state index in [2.05, 4.69) is 5.32 Å². The number of ether oxygens (including phenoxy) is 1. The van der Waals surface area contributed by atoms with Crippen molar-refractivity contribution >= 4 is 23.2 Å². The van der Waals surface area contributed by atoms with Gasteiger partial charge in [-0.1, -0.05) is 0 Å². The summed E-state index contributed by atoms with van der Waals surface area (Å²) in [7, 11) is 0. The molecule has 1 aromatic rings. The number of nitrogens with zero attached hydrogens (tertiary/aromatic N) is 1. The molecule has 1 aliphatic rings. The number of carbonyl (C=O) groups is 2. The molecule has 0 spiro atoms. The SMILES string of the molecule is CC(=O)N1CCc2cc(NC(=O)COC(C)C)ccc21. The zero-order valence-corrected chi connectivity index (χ0v) is 12.1. The van der Waals surface area contributed by atoms with Crippen molar-refractivity contribution in [1.29, 1.82) is 0 Å². The minimum atomic E-state index is -0.167. The second-order valence-corrected chi connectivity index (χ2v) is 5.17. The van der Waals surface area contributed by atoms with E-state index in [-0.39, 0.29) is 24.5 Å². The molecule has 0 radical (unpaired) electrons. The fraction of sp³-hybridized carbons (Fsp3) is 0.467. The second kappa shape index (κ2) is 6.05. The van der Waals surface area contributed by atoms with Crippen molar-refractivity contribution in [2.24, 2.45) is 0 Å². The minimum absolute atomic E-state index is 0.0323. The number of fused-ring (bicyclic) bond motifs is 1. The maximum absolute atomic E-state index is 11.7. The Morgan fingerprint density at radius 3 is 2.80 bits per heavy atom. The van der Waals surface area contributed by atoms with Crippen LogP contribution >= 0.6 is 0 Å². The normalized spacial score (nSPS) is 13.5. The van der Waals surface area contributed by atoms with E-state index in [1.54, 1.807) is 11.8 Å². The van der Waals surface area contributed by atoms with Gasteiger partial charge < -0.3 is 15.0 Å². The van der Waals surface area contributed by atoms with Crippen LogP contribution < -0.4 is 10.2 Å². The lowest BCUT2D eigenvalue weighted by Crippen LogP contribution is -2.25. The van der Waals surface area contributed by atoms with E-state index in [0.29, 0.717) is 6.54 Å². The van der Waals surface area contributed by atoms with E-state index in [0.717, 1.165) is 23.4 Å². The molecule has 0 fully saturated rings. The zero-order chi connectivity index (χ0) is 14.7. The number of benzene rings is 1. The van der Waals surface area contributed by atoms with Crippen LogP contribution in [0.15, 0.2) is 18.2 Å². The molecule has 0 saturated carbocycles. The zero-order valence-electron chi connectivity index (χ0n) is 12.1. The summed E-state index contributed by atoms with van der Waals surface area (Å²) in [6.07, 6.45) is 0.853. The van der Waals surface area contributed by atoms with Crippen molar-refractivity contribution in [2.45, 2.75) is 33.3 Å². The summed E-state index contributed by atoms with van der Waals surface area (Å²) in [5, 5.41) is 2.80. The monoisotopic (exact) mass is 276 g/mol. The Morgan fingerprint density at radius 1 is 1.40 bits per heavy atom. The molecule has 2 amide bonds. The third kappa shape index (κ3) is 3.36. The lowest BCUT2D eigenvalue weighted by atomic mass is 10.1. The molecule has 1 N–H and O–H groups in total. The summed E-state index contributed by atoms with van der Waals surface area (Å²) < 4.78 is 5.25. The summed E-state index contributed by atoms with van der Waals surface area (Å²) in [4.78, 5) is 24.9. The first kappa shape index (κ1) is 14.5. The summed E-state index contributed by atoms with van der Waals surface area (Å²) in [5.74, 6) is -0.120. The first-order chi connectivity index (χ1) is 9.47. The van der Waals surface area contributed by atoms with Gasteiger partial charge in [0.1, 0.15) is 6.61 Å². The number of hydrogen-bond acceptors (Lipinski definition) is 3. The third-order valence-electron chi connectivity index (χ3n) is 3.19. The molecule has 0 atom stereocenters. The van der Waals surface area contributed by atoms with Crippen LogP contribution in [0.25, 0.3) is 0 Å². The van der Waals surface area contributed by atoms with Crippen molar-refractivity contribution in [3.05, 3.63) is 23.8 Å². The first-order valence-corrected chi connectivity index (χ1v) is 6.80. The van der Waals surface area contributed by atoms with E-state index in [1.165, 1.54) is 0 Å². The van der Waals surface area contributed by atoms with Crippen LogP contribution in [-0.2, 0) is 20.7 Å². The molecule has 0 saturated heterocycles. The van der Waals surface area contributed by atoms with Crippen LogP contribution in [0.4, 0.5) is 11.4 Å². The molecule has 1 aliphatic heterocycles. The number of hydrogen-bond donors (Lipinski definition) is 1. The van der Waals surface area contributed by atoms with Crippen molar-refractivity contribution in [2.75, 3.05) is 23.4 Å². The van der Waals surface area contributed by atoms with Gasteiger partial charge in [0, 0.05) is 24.8 Å². The average molecular weight is 276 g/mol. The minimum Gasteiger partial charge on any atom is -0.369 e. The molecule has 5 nitrogen and oxygen atoms in total. The van der Waals surface area contributed by atoms with Gasteiger partial charge in [-0.05, 0) is 44.0 Å². The molecule has 1 aromatic carbocycles. The number of nitrogens with one attached hydrogen (secondary N) is 1. The van der Waals surface area contributed by atoms with E-state index in [4.69, 9.17) is 4.74 Å². The Bertz CT molecular complexity index is 526. The van der Waals surface area contributed by atoms with Gasteiger partial charge >= 0.3 is 0 Å². The van der Waals surface area contributed by atoms with Gasteiger partial charge in [0.15, 0.2) is 0 Å². The molecular formula is C15H20N2O3. The average Bonchev–Trinajstić information content (AvgIpc) is 2.79. The topological polar surface area (TPSA) is 58.6 Å². The van der Waals surface area contributed by atoms with Crippen LogP contribution in [-0.4, -0.2) is 31.1 Å². The van der Waals surface area contributed by atoms with Crippen molar-refractivity contribution in [3.63, 3.8) is 0 Å². The highest BCUT2D eigenvalue weighted by Crippen LogP contribution is 2.30. The maximum Gasteiger partial charge on any atom is 0.250 e. The van der Waals surface area contributed by atoms with E-state index < -0.39 is 0 Å². The van der Waals surface area contributed by atoms with Crippen LogP contribution in [0.5, 0.6) is 0 Å².